The zero-order chi connectivity index (χ0) is 17.3. The zero-order valence-electron chi connectivity index (χ0n) is 13.5. The van der Waals surface area contributed by atoms with Crippen LogP contribution in [0, 0.1) is 0 Å². The Morgan fingerprint density at radius 2 is 1.83 bits per heavy atom. The largest absolute Gasteiger partial charge is 0.352 e. The minimum Gasteiger partial charge on any atom is -0.352 e. The normalized spacial score (nSPS) is 14.8. The van der Waals surface area contributed by atoms with E-state index in [2.05, 4.69) is 36.1 Å². The number of anilines is 2. The van der Waals surface area contributed by atoms with Gasteiger partial charge in [-0.1, -0.05) is 15.9 Å². The fraction of sp³-hybridized carbons (Fsp3) is 0.375. The van der Waals surface area contributed by atoms with Crippen LogP contribution in [0.15, 0.2) is 22.7 Å². The number of fused-ring (bicyclic) bond motifs is 1. The number of nitrogens with zero attached hydrogens (tertiary/aromatic N) is 4. The molecule has 126 valence electrons. The molecule has 0 radical (unpaired) electrons. The van der Waals surface area contributed by atoms with Gasteiger partial charge in [0, 0.05) is 49.9 Å². The maximum absolute atomic E-state index is 11.5. The molecule has 1 fully saturated rings. The van der Waals surface area contributed by atoms with Crippen LogP contribution < -0.4 is 10.2 Å². The van der Waals surface area contributed by atoms with Crippen molar-refractivity contribution in [1.82, 2.24) is 14.9 Å². The molecule has 0 spiro atoms. The van der Waals surface area contributed by atoms with E-state index in [9.17, 15) is 9.59 Å². The Morgan fingerprint density at radius 3 is 2.46 bits per heavy atom. The van der Waals surface area contributed by atoms with E-state index in [1.807, 2.05) is 23.1 Å². The van der Waals surface area contributed by atoms with Crippen molar-refractivity contribution in [1.29, 1.82) is 0 Å². The highest BCUT2D eigenvalue weighted by atomic mass is 79.9. The SMILES string of the molecule is CC(=O)Nc1nc(N2CCN(C(C)=O)CC2)c2cc(Br)ccc2n1. The fourth-order valence-corrected chi connectivity index (χ4v) is 3.13. The lowest BCUT2D eigenvalue weighted by atomic mass is 10.2. The van der Waals surface area contributed by atoms with E-state index in [1.54, 1.807) is 6.92 Å². The molecule has 1 aromatic carbocycles. The van der Waals surface area contributed by atoms with E-state index in [4.69, 9.17) is 0 Å². The van der Waals surface area contributed by atoms with Crippen molar-refractivity contribution in [2.75, 3.05) is 36.4 Å². The Hall–Kier alpha value is -2.22. The van der Waals surface area contributed by atoms with Crippen LogP contribution in [0.1, 0.15) is 13.8 Å². The number of halogens is 1. The number of piperazine rings is 1. The molecule has 2 aromatic rings. The molecule has 0 aliphatic carbocycles. The average molecular weight is 392 g/mol. The van der Waals surface area contributed by atoms with E-state index in [0.717, 1.165) is 21.2 Å². The summed E-state index contributed by atoms with van der Waals surface area (Å²) in [4.78, 5) is 35.7. The van der Waals surface area contributed by atoms with Crippen LogP contribution in [0.25, 0.3) is 10.9 Å². The van der Waals surface area contributed by atoms with Crippen molar-refractivity contribution in [3.8, 4) is 0 Å². The third-order valence-electron chi connectivity index (χ3n) is 3.95. The average Bonchev–Trinajstić information content (AvgIpc) is 2.54. The molecule has 1 aliphatic heterocycles. The van der Waals surface area contributed by atoms with E-state index >= 15 is 0 Å². The summed E-state index contributed by atoms with van der Waals surface area (Å²) in [6.45, 7) is 5.71. The van der Waals surface area contributed by atoms with Crippen molar-refractivity contribution in [3.63, 3.8) is 0 Å². The summed E-state index contributed by atoms with van der Waals surface area (Å²) in [5, 5.41) is 3.57. The van der Waals surface area contributed by atoms with Gasteiger partial charge in [-0.25, -0.2) is 4.98 Å². The first-order chi connectivity index (χ1) is 11.4. The van der Waals surface area contributed by atoms with E-state index in [-0.39, 0.29) is 11.8 Å². The number of nitrogens with one attached hydrogen (secondary N) is 1. The van der Waals surface area contributed by atoms with Crippen molar-refractivity contribution in [2.24, 2.45) is 0 Å². The Labute approximate surface area is 148 Å². The first kappa shape index (κ1) is 16.6. The monoisotopic (exact) mass is 391 g/mol. The fourth-order valence-electron chi connectivity index (χ4n) is 2.77. The van der Waals surface area contributed by atoms with Crippen LogP contribution in [0.4, 0.5) is 11.8 Å². The van der Waals surface area contributed by atoms with E-state index in [1.165, 1.54) is 6.92 Å². The molecule has 1 N–H and O–H groups in total. The van der Waals surface area contributed by atoms with Crippen LogP contribution >= 0.6 is 15.9 Å². The van der Waals surface area contributed by atoms with Gasteiger partial charge in [-0.15, -0.1) is 0 Å². The summed E-state index contributed by atoms with van der Waals surface area (Å²) in [6, 6.07) is 5.77. The highest BCUT2D eigenvalue weighted by Crippen LogP contribution is 2.29. The van der Waals surface area contributed by atoms with Gasteiger partial charge in [0.2, 0.25) is 17.8 Å². The number of amides is 2. The summed E-state index contributed by atoms with van der Waals surface area (Å²) in [7, 11) is 0. The van der Waals surface area contributed by atoms with Gasteiger partial charge in [-0.2, -0.15) is 4.98 Å². The minimum atomic E-state index is -0.209. The van der Waals surface area contributed by atoms with Gasteiger partial charge in [-0.3, -0.25) is 14.9 Å². The second kappa shape index (κ2) is 6.72. The lowest BCUT2D eigenvalue weighted by Crippen LogP contribution is -2.48. The van der Waals surface area contributed by atoms with Gasteiger partial charge in [0.15, 0.2) is 0 Å². The zero-order valence-corrected chi connectivity index (χ0v) is 15.1. The minimum absolute atomic E-state index is 0.0869. The molecule has 7 nitrogen and oxygen atoms in total. The Bertz CT molecular complexity index is 802. The molecule has 0 saturated carbocycles. The highest BCUT2D eigenvalue weighted by molar-refractivity contribution is 9.10. The van der Waals surface area contributed by atoms with Crippen LogP contribution in [-0.4, -0.2) is 52.9 Å². The summed E-state index contributed by atoms with van der Waals surface area (Å²) < 4.78 is 0.939. The van der Waals surface area contributed by atoms with Crippen molar-refractivity contribution in [2.45, 2.75) is 13.8 Å². The van der Waals surface area contributed by atoms with Gasteiger partial charge in [-0.05, 0) is 18.2 Å². The molecule has 0 atom stereocenters. The van der Waals surface area contributed by atoms with Gasteiger partial charge in [0.25, 0.3) is 0 Å². The first-order valence-corrected chi connectivity index (χ1v) is 8.48. The van der Waals surface area contributed by atoms with Crippen LogP contribution in [0.3, 0.4) is 0 Å². The Morgan fingerprint density at radius 1 is 1.12 bits per heavy atom. The van der Waals surface area contributed by atoms with Gasteiger partial charge >= 0.3 is 0 Å². The Balaban J connectivity index is 2.00. The molecule has 8 heteroatoms. The highest BCUT2D eigenvalue weighted by Gasteiger charge is 2.22. The van der Waals surface area contributed by atoms with Crippen LogP contribution in [0.2, 0.25) is 0 Å². The van der Waals surface area contributed by atoms with Gasteiger partial charge in [0.1, 0.15) is 5.82 Å². The lowest BCUT2D eigenvalue weighted by molar-refractivity contribution is -0.129. The predicted molar refractivity (Wildman–Crippen MR) is 96.0 cm³/mol. The summed E-state index contributed by atoms with van der Waals surface area (Å²) >= 11 is 3.48. The number of carbonyl (C=O) groups is 2. The number of benzene rings is 1. The number of carbonyl (C=O) groups excluding carboxylic acids is 2. The third kappa shape index (κ3) is 3.48. The predicted octanol–water partition coefficient (Wildman–Crippen LogP) is 2.02. The standard InChI is InChI=1S/C16H18BrN5O2/c1-10(23)18-16-19-14-4-3-12(17)9-13(14)15(20-16)22-7-5-21(6-8-22)11(2)24/h3-4,9H,5-8H2,1-2H3,(H,18,19,20,23). The maximum Gasteiger partial charge on any atom is 0.231 e. The molecule has 1 aromatic heterocycles. The molecule has 24 heavy (non-hydrogen) atoms. The maximum atomic E-state index is 11.5. The Kier molecular flexibility index (Phi) is 4.66. The molecular weight excluding hydrogens is 374 g/mol. The summed E-state index contributed by atoms with van der Waals surface area (Å²) in [5.41, 5.74) is 0.765. The molecule has 0 bridgehead atoms. The topological polar surface area (TPSA) is 78.4 Å². The van der Waals surface area contributed by atoms with Crippen molar-refractivity contribution >= 4 is 50.4 Å². The van der Waals surface area contributed by atoms with E-state index in [0.29, 0.717) is 32.1 Å². The van der Waals surface area contributed by atoms with Crippen LogP contribution in [0.5, 0.6) is 0 Å². The van der Waals surface area contributed by atoms with Crippen LogP contribution in [-0.2, 0) is 9.59 Å². The molecular formula is C16H18BrN5O2. The van der Waals surface area contributed by atoms with E-state index < -0.39 is 0 Å². The second-order valence-electron chi connectivity index (χ2n) is 5.71. The molecule has 3 rings (SSSR count). The summed E-state index contributed by atoms with van der Waals surface area (Å²) in [5.74, 6) is 0.942. The number of hydrogen-bond donors (Lipinski definition) is 1. The second-order valence-corrected chi connectivity index (χ2v) is 6.62. The third-order valence-corrected chi connectivity index (χ3v) is 4.44. The first-order valence-electron chi connectivity index (χ1n) is 7.69. The number of rotatable bonds is 2. The molecule has 1 aliphatic rings. The van der Waals surface area contributed by atoms with Crippen molar-refractivity contribution in [3.05, 3.63) is 22.7 Å². The molecule has 2 amide bonds. The smallest absolute Gasteiger partial charge is 0.231 e. The number of hydrogen-bond acceptors (Lipinski definition) is 5. The quantitative estimate of drug-likeness (QED) is 0.846. The van der Waals surface area contributed by atoms with Crippen molar-refractivity contribution < 1.29 is 9.59 Å². The molecule has 2 heterocycles. The number of aromatic nitrogens is 2. The van der Waals surface area contributed by atoms with Gasteiger partial charge < -0.3 is 9.80 Å². The molecule has 0 unspecified atom stereocenters. The summed E-state index contributed by atoms with van der Waals surface area (Å²) in [6.07, 6.45) is 0. The molecule has 1 saturated heterocycles. The van der Waals surface area contributed by atoms with Gasteiger partial charge in [0.05, 0.1) is 5.52 Å². The lowest BCUT2D eigenvalue weighted by Gasteiger charge is -2.35.